The molecule has 2 heterocycles. The van der Waals surface area contributed by atoms with Crippen molar-refractivity contribution in [1.29, 1.82) is 0 Å². The Hall–Kier alpha value is -0.680. The maximum Gasteiger partial charge on any atom is 0.119 e. The maximum absolute atomic E-state index is 5.83. The van der Waals surface area contributed by atoms with Crippen molar-refractivity contribution in [1.82, 2.24) is 10.2 Å². The van der Waals surface area contributed by atoms with Gasteiger partial charge in [0.15, 0.2) is 0 Å². The van der Waals surface area contributed by atoms with Crippen LogP contribution in [0.5, 0.6) is 11.5 Å². The third-order valence-corrected chi connectivity index (χ3v) is 4.41. The van der Waals surface area contributed by atoms with Gasteiger partial charge in [0, 0.05) is 25.7 Å². The molecule has 132 valence electrons. The van der Waals surface area contributed by atoms with E-state index < -0.39 is 0 Å². The molecule has 3 rings (SSSR count). The summed E-state index contributed by atoms with van der Waals surface area (Å²) in [6.45, 7) is 8.26. The zero-order chi connectivity index (χ0) is 14.5. The topological polar surface area (TPSA) is 33.7 Å². The summed E-state index contributed by atoms with van der Waals surface area (Å²) in [6, 6.07) is 8.67. The average Bonchev–Trinajstić information content (AvgIpc) is 3.08. The first-order valence-corrected chi connectivity index (χ1v) is 8.16. The molecule has 2 saturated heterocycles. The Labute approximate surface area is 151 Å². The molecule has 0 unspecified atom stereocenters. The molecule has 2 aliphatic rings. The second-order valence-electron chi connectivity index (χ2n) is 6.04. The van der Waals surface area contributed by atoms with Crippen molar-refractivity contribution in [2.75, 3.05) is 39.4 Å². The van der Waals surface area contributed by atoms with Crippen molar-refractivity contribution in [3.8, 4) is 11.5 Å². The molecule has 4 nitrogen and oxygen atoms in total. The minimum Gasteiger partial charge on any atom is -0.494 e. The molecule has 2 aliphatic heterocycles. The van der Waals surface area contributed by atoms with Crippen LogP contribution in [-0.4, -0.2) is 50.3 Å². The van der Waals surface area contributed by atoms with Gasteiger partial charge in [0.05, 0.1) is 6.61 Å². The highest BCUT2D eigenvalue weighted by atomic mass is 35.5. The van der Waals surface area contributed by atoms with Crippen molar-refractivity contribution in [2.45, 2.75) is 25.8 Å². The molecule has 2 fully saturated rings. The number of likely N-dealkylation sites (tertiary alicyclic amines) is 1. The van der Waals surface area contributed by atoms with Crippen LogP contribution < -0.4 is 14.8 Å². The fourth-order valence-corrected chi connectivity index (χ4v) is 3.27. The Kier molecular flexibility index (Phi) is 9.07. The smallest absolute Gasteiger partial charge is 0.119 e. The SMILES string of the molecule is CCCOc1ccc(OCCN2C[C@@H]3CCN[C@@H]3C2)cc1.Cl.Cl. The van der Waals surface area contributed by atoms with Crippen LogP contribution in [0.4, 0.5) is 0 Å². The lowest BCUT2D eigenvalue weighted by molar-refractivity contribution is 0.228. The minimum atomic E-state index is 0. The predicted molar refractivity (Wildman–Crippen MR) is 98.6 cm³/mol. The highest BCUT2D eigenvalue weighted by molar-refractivity contribution is 5.85. The molecule has 0 spiro atoms. The number of nitrogens with one attached hydrogen (secondary N) is 1. The summed E-state index contributed by atoms with van der Waals surface area (Å²) in [5.74, 6) is 2.71. The standard InChI is InChI=1S/C17H26N2O2.2ClH/c1-2-10-20-15-3-5-16(6-4-15)21-11-9-19-12-14-7-8-18-17(14)13-19;;/h3-6,14,17-18H,2,7-13H2,1H3;2*1H/t14-,17+;;/m0../s1. The van der Waals surface area contributed by atoms with Crippen molar-refractivity contribution >= 4 is 24.8 Å². The molecule has 0 aliphatic carbocycles. The van der Waals surface area contributed by atoms with Crippen LogP contribution in [-0.2, 0) is 0 Å². The molecule has 1 N–H and O–H groups in total. The number of benzene rings is 1. The molecule has 2 atom stereocenters. The molecule has 0 aromatic heterocycles. The second kappa shape index (κ2) is 10.2. The summed E-state index contributed by atoms with van der Waals surface area (Å²) in [6.07, 6.45) is 2.37. The molecule has 6 heteroatoms. The molecule has 1 aromatic carbocycles. The Morgan fingerprint density at radius 3 is 2.30 bits per heavy atom. The first-order chi connectivity index (χ1) is 10.3. The van der Waals surface area contributed by atoms with Gasteiger partial charge >= 0.3 is 0 Å². The number of hydrogen-bond donors (Lipinski definition) is 1. The summed E-state index contributed by atoms with van der Waals surface area (Å²) in [5.41, 5.74) is 0. The summed E-state index contributed by atoms with van der Waals surface area (Å²) in [7, 11) is 0. The van der Waals surface area contributed by atoms with Crippen molar-refractivity contribution in [2.24, 2.45) is 5.92 Å². The maximum atomic E-state index is 5.83. The van der Waals surface area contributed by atoms with Gasteiger partial charge in [-0.15, -0.1) is 24.8 Å². The van der Waals surface area contributed by atoms with E-state index in [4.69, 9.17) is 9.47 Å². The van der Waals surface area contributed by atoms with E-state index in [0.717, 1.165) is 49.6 Å². The molecular formula is C17H28Cl2N2O2. The largest absolute Gasteiger partial charge is 0.494 e. The van der Waals surface area contributed by atoms with Crippen molar-refractivity contribution < 1.29 is 9.47 Å². The number of halogens is 2. The van der Waals surface area contributed by atoms with Crippen LogP contribution in [0.15, 0.2) is 24.3 Å². The first kappa shape index (κ1) is 20.4. The van der Waals surface area contributed by atoms with Gasteiger partial charge in [-0.2, -0.15) is 0 Å². The Balaban J connectivity index is 0.00000132. The van der Waals surface area contributed by atoms with Crippen LogP contribution in [0.1, 0.15) is 19.8 Å². The van der Waals surface area contributed by atoms with E-state index in [2.05, 4.69) is 17.1 Å². The lowest BCUT2D eigenvalue weighted by Gasteiger charge is -2.17. The normalized spacial score (nSPS) is 22.8. The van der Waals surface area contributed by atoms with E-state index in [9.17, 15) is 0 Å². The van der Waals surface area contributed by atoms with E-state index in [-0.39, 0.29) is 24.8 Å². The van der Waals surface area contributed by atoms with Gasteiger partial charge in [-0.05, 0) is 49.6 Å². The monoisotopic (exact) mass is 362 g/mol. The van der Waals surface area contributed by atoms with Crippen LogP contribution in [0.3, 0.4) is 0 Å². The molecule has 0 amide bonds. The van der Waals surface area contributed by atoms with Gasteiger partial charge in [-0.25, -0.2) is 0 Å². The van der Waals surface area contributed by atoms with Crippen LogP contribution in [0.25, 0.3) is 0 Å². The molecule has 0 bridgehead atoms. The summed E-state index contributed by atoms with van der Waals surface area (Å²) < 4.78 is 11.4. The summed E-state index contributed by atoms with van der Waals surface area (Å²) in [5, 5.41) is 3.58. The summed E-state index contributed by atoms with van der Waals surface area (Å²) >= 11 is 0. The van der Waals surface area contributed by atoms with Crippen LogP contribution in [0.2, 0.25) is 0 Å². The number of nitrogens with zero attached hydrogens (tertiary/aromatic N) is 1. The molecule has 1 aromatic rings. The van der Waals surface area contributed by atoms with Crippen LogP contribution >= 0.6 is 24.8 Å². The van der Waals surface area contributed by atoms with Crippen molar-refractivity contribution in [3.63, 3.8) is 0 Å². The minimum absolute atomic E-state index is 0. The quantitative estimate of drug-likeness (QED) is 0.808. The average molecular weight is 363 g/mol. The molecule has 0 radical (unpaired) electrons. The van der Waals surface area contributed by atoms with Gasteiger partial charge < -0.3 is 14.8 Å². The first-order valence-electron chi connectivity index (χ1n) is 8.16. The Bertz CT molecular complexity index is 433. The molecular weight excluding hydrogens is 335 g/mol. The van der Waals surface area contributed by atoms with E-state index in [0.29, 0.717) is 0 Å². The Morgan fingerprint density at radius 2 is 1.70 bits per heavy atom. The lowest BCUT2D eigenvalue weighted by Crippen LogP contribution is -2.32. The van der Waals surface area contributed by atoms with Gasteiger partial charge in [-0.3, -0.25) is 4.90 Å². The van der Waals surface area contributed by atoms with Gasteiger partial charge in [-0.1, -0.05) is 6.92 Å². The third-order valence-electron chi connectivity index (χ3n) is 4.41. The van der Waals surface area contributed by atoms with E-state index in [1.165, 1.54) is 26.1 Å². The zero-order valence-electron chi connectivity index (χ0n) is 13.7. The molecule has 23 heavy (non-hydrogen) atoms. The van der Waals surface area contributed by atoms with Gasteiger partial charge in [0.25, 0.3) is 0 Å². The number of fused-ring (bicyclic) bond motifs is 1. The van der Waals surface area contributed by atoms with Gasteiger partial charge in [0.1, 0.15) is 18.1 Å². The third kappa shape index (κ3) is 5.71. The zero-order valence-corrected chi connectivity index (χ0v) is 15.3. The number of rotatable bonds is 7. The Morgan fingerprint density at radius 1 is 1.04 bits per heavy atom. The van der Waals surface area contributed by atoms with E-state index in [1.807, 2.05) is 24.3 Å². The highest BCUT2D eigenvalue weighted by Gasteiger charge is 2.35. The van der Waals surface area contributed by atoms with E-state index >= 15 is 0 Å². The van der Waals surface area contributed by atoms with Crippen LogP contribution in [0, 0.1) is 5.92 Å². The van der Waals surface area contributed by atoms with Crippen molar-refractivity contribution in [3.05, 3.63) is 24.3 Å². The summed E-state index contributed by atoms with van der Waals surface area (Å²) in [4.78, 5) is 2.51. The lowest BCUT2D eigenvalue weighted by atomic mass is 10.1. The second-order valence-corrected chi connectivity index (χ2v) is 6.04. The number of ether oxygens (including phenoxy) is 2. The fourth-order valence-electron chi connectivity index (χ4n) is 3.27. The van der Waals surface area contributed by atoms with E-state index in [1.54, 1.807) is 0 Å². The fraction of sp³-hybridized carbons (Fsp3) is 0.647. The predicted octanol–water partition coefficient (Wildman–Crippen LogP) is 2.99. The number of hydrogen-bond acceptors (Lipinski definition) is 4. The molecule has 0 saturated carbocycles. The van der Waals surface area contributed by atoms with Gasteiger partial charge in [0.2, 0.25) is 0 Å². The highest BCUT2D eigenvalue weighted by Crippen LogP contribution is 2.24.